The molecule has 0 aliphatic rings. The van der Waals surface area contributed by atoms with Crippen molar-refractivity contribution in [3.63, 3.8) is 0 Å². The number of ketones is 1. The zero-order valence-electron chi connectivity index (χ0n) is 9.64. The Morgan fingerprint density at radius 3 is 2.41 bits per heavy atom. The van der Waals surface area contributed by atoms with E-state index in [9.17, 15) is 14.4 Å². The maximum Gasteiger partial charge on any atom is 0.302 e. The number of esters is 1. The van der Waals surface area contributed by atoms with Gasteiger partial charge in [0.05, 0.1) is 0 Å². The van der Waals surface area contributed by atoms with E-state index in [2.05, 4.69) is 0 Å². The van der Waals surface area contributed by atoms with Crippen LogP contribution in [0.25, 0.3) is 0 Å². The van der Waals surface area contributed by atoms with E-state index < -0.39 is 0 Å². The first-order valence-electron chi connectivity index (χ1n) is 5.32. The molecule has 1 aromatic carbocycles. The van der Waals surface area contributed by atoms with Crippen molar-refractivity contribution < 1.29 is 19.1 Å². The van der Waals surface area contributed by atoms with E-state index in [4.69, 9.17) is 4.74 Å². The lowest BCUT2D eigenvalue weighted by molar-refractivity contribution is -0.142. The summed E-state index contributed by atoms with van der Waals surface area (Å²) < 4.78 is 4.82. The van der Waals surface area contributed by atoms with Crippen molar-refractivity contribution in [1.82, 2.24) is 0 Å². The van der Waals surface area contributed by atoms with Gasteiger partial charge in [-0.15, -0.1) is 0 Å². The number of rotatable bonds is 6. The fourth-order valence-electron chi connectivity index (χ4n) is 1.31. The molecule has 4 nitrogen and oxygen atoms in total. The zero-order chi connectivity index (χ0) is 12.7. The number of carbonyl (C=O) groups is 3. The first-order chi connectivity index (χ1) is 8.13. The Balaban J connectivity index is 2.57. The summed E-state index contributed by atoms with van der Waals surface area (Å²) in [5.41, 5.74) is 1.39. The minimum absolute atomic E-state index is 0.0591. The molecule has 0 radical (unpaired) electrons. The zero-order valence-corrected chi connectivity index (χ0v) is 9.64. The molecule has 0 fully saturated rings. The largest absolute Gasteiger partial charge is 0.461 e. The van der Waals surface area contributed by atoms with E-state index in [0.29, 0.717) is 5.56 Å². The number of ether oxygens (including phenoxy) is 1. The van der Waals surface area contributed by atoms with Crippen molar-refractivity contribution in [3.8, 4) is 0 Å². The summed E-state index contributed by atoms with van der Waals surface area (Å²) in [6.45, 7) is 1.55. The van der Waals surface area contributed by atoms with Gasteiger partial charge in [0.2, 0.25) is 0 Å². The van der Waals surface area contributed by atoms with Crippen molar-refractivity contribution in [3.05, 3.63) is 35.4 Å². The van der Waals surface area contributed by atoms with Gasteiger partial charge in [-0.25, -0.2) is 0 Å². The van der Waals surface area contributed by atoms with Gasteiger partial charge >= 0.3 is 5.97 Å². The van der Waals surface area contributed by atoms with Crippen LogP contribution >= 0.6 is 0 Å². The lowest BCUT2D eigenvalue weighted by Gasteiger charge is -2.03. The van der Waals surface area contributed by atoms with Gasteiger partial charge in [-0.2, -0.15) is 0 Å². The van der Waals surface area contributed by atoms with E-state index >= 15 is 0 Å². The molecule has 0 saturated carbocycles. The molecule has 0 heterocycles. The second-order valence-corrected chi connectivity index (χ2v) is 3.61. The first kappa shape index (κ1) is 13.1. The van der Waals surface area contributed by atoms with Gasteiger partial charge in [-0.3, -0.25) is 9.59 Å². The fourth-order valence-corrected chi connectivity index (χ4v) is 1.31. The number of benzene rings is 1. The highest BCUT2D eigenvalue weighted by Crippen LogP contribution is 2.09. The third-order valence-corrected chi connectivity index (χ3v) is 2.21. The monoisotopic (exact) mass is 234 g/mol. The van der Waals surface area contributed by atoms with Gasteiger partial charge in [-0.1, -0.05) is 24.3 Å². The molecular weight excluding hydrogens is 220 g/mol. The molecule has 0 bridgehead atoms. The molecule has 4 heteroatoms. The van der Waals surface area contributed by atoms with Gasteiger partial charge in [-0.05, 0) is 5.56 Å². The molecule has 1 rings (SSSR count). The summed E-state index contributed by atoms with van der Waals surface area (Å²) in [7, 11) is 0. The molecule has 0 aliphatic carbocycles. The Bertz CT molecular complexity index is 406. The SMILES string of the molecule is CC(=O)OCc1ccc(C(=O)CCC=O)cc1. The Kier molecular flexibility index (Phi) is 5.07. The molecular formula is C13H14O4. The molecule has 0 atom stereocenters. The lowest BCUT2D eigenvalue weighted by atomic mass is 10.1. The van der Waals surface area contributed by atoms with Gasteiger partial charge < -0.3 is 9.53 Å². The van der Waals surface area contributed by atoms with Crippen molar-refractivity contribution >= 4 is 18.0 Å². The summed E-state index contributed by atoms with van der Waals surface area (Å²) in [6.07, 6.45) is 1.20. The maximum atomic E-state index is 11.5. The average molecular weight is 234 g/mol. The summed E-state index contributed by atoms with van der Waals surface area (Å²) in [5.74, 6) is -0.396. The summed E-state index contributed by atoms with van der Waals surface area (Å²) in [4.78, 5) is 32.3. The van der Waals surface area contributed by atoms with Crippen LogP contribution in [0.1, 0.15) is 35.7 Å². The Morgan fingerprint density at radius 2 is 1.88 bits per heavy atom. The fraction of sp³-hybridized carbons (Fsp3) is 0.308. The van der Waals surface area contributed by atoms with Crippen LogP contribution in [0.2, 0.25) is 0 Å². The highest BCUT2D eigenvalue weighted by atomic mass is 16.5. The van der Waals surface area contributed by atoms with Gasteiger partial charge in [0.1, 0.15) is 12.9 Å². The highest BCUT2D eigenvalue weighted by Gasteiger charge is 2.05. The number of hydrogen-bond acceptors (Lipinski definition) is 4. The van der Waals surface area contributed by atoms with E-state index in [-0.39, 0.29) is 31.2 Å². The smallest absolute Gasteiger partial charge is 0.302 e. The van der Waals surface area contributed by atoms with Crippen molar-refractivity contribution in [1.29, 1.82) is 0 Å². The minimum Gasteiger partial charge on any atom is -0.461 e. The van der Waals surface area contributed by atoms with Crippen LogP contribution in [-0.4, -0.2) is 18.0 Å². The van der Waals surface area contributed by atoms with Gasteiger partial charge in [0.25, 0.3) is 0 Å². The molecule has 0 amide bonds. The Morgan fingerprint density at radius 1 is 1.24 bits per heavy atom. The lowest BCUT2D eigenvalue weighted by Crippen LogP contribution is -2.01. The van der Waals surface area contributed by atoms with Crippen LogP contribution in [0.15, 0.2) is 24.3 Å². The van der Waals surface area contributed by atoms with E-state index in [0.717, 1.165) is 11.8 Å². The molecule has 0 N–H and O–H groups in total. The van der Waals surface area contributed by atoms with Crippen LogP contribution in [-0.2, 0) is 20.9 Å². The third kappa shape index (κ3) is 4.59. The predicted octanol–water partition coefficient (Wildman–Crippen LogP) is 1.91. The van der Waals surface area contributed by atoms with Crippen LogP contribution in [0.4, 0.5) is 0 Å². The van der Waals surface area contributed by atoms with Crippen LogP contribution < -0.4 is 0 Å². The van der Waals surface area contributed by atoms with E-state index in [1.807, 2.05) is 0 Å². The quantitative estimate of drug-likeness (QED) is 0.428. The van der Waals surface area contributed by atoms with Crippen LogP contribution in [0.5, 0.6) is 0 Å². The minimum atomic E-state index is -0.337. The van der Waals surface area contributed by atoms with Gasteiger partial charge in [0, 0.05) is 25.3 Å². The summed E-state index contributed by atoms with van der Waals surface area (Å²) >= 11 is 0. The van der Waals surface area contributed by atoms with Gasteiger partial charge in [0.15, 0.2) is 5.78 Å². The van der Waals surface area contributed by atoms with Crippen molar-refractivity contribution in [2.24, 2.45) is 0 Å². The molecule has 0 aromatic heterocycles. The standard InChI is InChI=1S/C13H14O4/c1-10(15)17-9-11-4-6-12(7-5-11)13(16)3-2-8-14/h4-8H,2-3,9H2,1H3. The molecule has 1 aromatic rings. The van der Waals surface area contributed by atoms with Crippen molar-refractivity contribution in [2.45, 2.75) is 26.4 Å². The van der Waals surface area contributed by atoms with Crippen LogP contribution in [0, 0.1) is 0 Å². The summed E-state index contributed by atoms with van der Waals surface area (Å²) in [5, 5.41) is 0. The van der Waals surface area contributed by atoms with Crippen molar-refractivity contribution in [2.75, 3.05) is 0 Å². The number of carbonyl (C=O) groups excluding carboxylic acids is 3. The second-order valence-electron chi connectivity index (χ2n) is 3.61. The molecule has 0 aliphatic heterocycles. The predicted molar refractivity (Wildman–Crippen MR) is 61.5 cm³/mol. The van der Waals surface area contributed by atoms with E-state index in [1.165, 1.54) is 6.92 Å². The Hall–Kier alpha value is -1.97. The molecule has 0 spiro atoms. The summed E-state index contributed by atoms with van der Waals surface area (Å²) in [6, 6.07) is 6.81. The number of hydrogen-bond donors (Lipinski definition) is 0. The highest BCUT2D eigenvalue weighted by molar-refractivity contribution is 5.96. The number of aldehydes is 1. The normalized spacial score (nSPS) is 9.71. The Labute approximate surface area is 99.6 Å². The van der Waals surface area contributed by atoms with E-state index in [1.54, 1.807) is 24.3 Å². The second kappa shape index (κ2) is 6.58. The maximum absolute atomic E-state index is 11.5. The molecule has 0 saturated heterocycles. The first-order valence-corrected chi connectivity index (χ1v) is 5.32. The molecule has 0 unspecified atom stereocenters. The third-order valence-electron chi connectivity index (χ3n) is 2.21. The number of Topliss-reactive ketones (excluding diaryl/α,β-unsaturated/α-hetero) is 1. The van der Waals surface area contributed by atoms with Crippen LogP contribution in [0.3, 0.4) is 0 Å². The topological polar surface area (TPSA) is 60.4 Å². The average Bonchev–Trinajstić information content (AvgIpc) is 2.34. The molecule has 17 heavy (non-hydrogen) atoms. The molecule has 90 valence electrons.